The van der Waals surface area contributed by atoms with Gasteiger partial charge in [-0.3, -0.25) is 0 Å². The van der Waals surface area contributed by atoms with Crippen molar-refractivity contribution in [3.63, 3.8) is 0 Å². The minimum Gasteiger partial charge on any atom is -0.304 e. The van der Waals surface area contributed by atoms with Gasteiger partial charge in [-0.2, -0.15) is 0 Å². The summed E-state index contributed by atoms with van der Waals surface area (Å²) >= 11 is 7.62. The highest BCUT2D eigenvalue weighted by molar-refractivity contribution is 7.19. The molecule has 2 aromatic rings. The number of hydrogen-bond donors (Lipinski definition) is 1. The molecule has 1 atom stereocenters. The molecule has 1 N–H and O–H groups in total. The van der Waals surface area contributed by atoms with Crippen molar-refractivity contribution >= 4 is 33.0 Å². The van der Waals surface area contributed by atoms with Crippen molar-refractivity contribution in [2.75, 3.05) is 6.54 Å². The molecule has 0 aliphatic heterocycles. The van der Waals surface area contributed by atoms with Gasteiger partial charge in [-0.15, -0.1) is 11.3 Å². The van der Waals surface area contributed by atoms with Crippen LogP contribution in [-0.4, -0.2) is 6.54 Å². The molecule has 1 aromatic carbocycles. The Morgan fingerprint density at radius 2 is 2.18 bits per heavy atom. The summed E-state index contributed by atoms with van der Waals surface area (Å²) in [6, 6.07) is 8.83. The number of aryl methyl sites for hydroxylation is 1. The maximum Gasteiger partial charge on any atom is 0.0392 e. The van der Waals surface area contributed by atoms with Gasteiger partial charge in [0.2, 0.25) is 0 Å². The van der Waals surface area contributed by atoms with Gasteiger partial charge in [0, 0.05) is 27.2 Å². The van der Waals surface area contributed by atoms with Gasteiger partial charge in [0.15, 0.2) is 0 Å². The van der Waals surface area contributed by atoms with Crippen LogP contribution in [0.5, 0.6) is 0 Å². The summed E-state index contributed by atoms with van der Waals surface area (Å²) in [7, 11) is 0. The van der Waals surface area contributed by atoms with Crippen molar-refractivity contribution in [1.29, 1.82) is 0 Å². The first-order valence-electron chi connectivity index (χ1n) is 5.64. The zero-order chi connectivity index (χ0) is 12.4. The van der Waals surface area contributed by atoms with Gasteiger partial charge in [0.05, 0.1) is 0 Å². The third-order valence-corrected chi connectivity index (χ3v) is 4.46. The molecular formula is C14H16ClNS. The Kier molecular flexibility index (Phi) is 3.87. The van der Waals surface area contributed by atoms with E-state index in [1.807, 2.05) is 11.3 Å². The lowest BCUT2D eigenvalue weighted by Crippen LogP contribution is -2.19. The van der Waals surface area contributed by atoms with Gasteiger partial charge < -0.3 is 5.32 Å². The number of hydrogen-bond acceptors (Lipinski definition) is 2. The zero-order valence-electron chi connectivity index (χ0n) is 10.1. The van der Waals surface area contributed by atoms with Crippen molar-refractivity contribution in [1.82, 2.24) is 5.32 Å². The van der Waals surface area contributed by atoms with E-state index in [1.165, 1.54) is 20.5 Å². The van der Waals surface area contributed by atoms with Crippen molar-refractivity contribution in [2.24, 2.45) is 0 Å². The maximum atomic E-state index is 5.77. The Morgan fingerprint density at radius 1 is 1.47 bits per heavy atom. The Hall–Kier alpha value is -0.830. The van der Waals surface area contributed by atoms with Crippen molar-refractivity contribution in [2.45, 2.75) is 19.9 Å². The van der Waals surface area contributed by atoms with Gasteiger partial charge in [-0.1, -0.05) is 36.4 Å². The van der Waals surface area contributed by atoms with Crippen LogP contribution in [0.25, 0.3) is 10.1 Å². The van der Waals surface area contributed by atoms with E-state index in [-0.39, 0.29) is 0 Å². The fraction of sp³-hybridized carbons (Fsp3) is 0.286. The summed E-state index contributed by atoms with van der Waals surface area (Å²) < 4.78 is 1.35. The Balaban J connectivity index is 2.29. The third kappa shape index (κ3) is 2.71. The summed E-state index contributed by atoms with van der Waals surface area (Å²) in [6.07, 6.45) is 0. The number of halogens is 1. The molecule has 90 valence electrons. The van der Waals surface area contributed by atoms with Crippen LogP contribution in [0, 0.1) is 6.92 Å². The van der Waals surface area contributed by atoms with Gasteiger partial charge in [-0.25, -0.2) is 0 Å². The van der Waals surface area contributed by atoms with Crippen molar-refractivity contribution < 1.29 is 0 Å². The predicted octanol–water partition coefficient (Wildman–Crippen LogP) is 4.61. The van der Waals surface area contributed by atoms with Gasteiger partial charge in [0.1, 0.15) is 0 Å². The van der Waals surface area contributed by atoms with Crippen LogP contribution in [0.4, 0.5) is 0 Å². The number of fused-ring (bicyclic) bond motifs is 1. The average molecular weight is 266 g/mol. The van der Waals surface area contributed by atoms with Gasteiger partial charge in [-0.05, 0) is 30.9 Å². The second-order valence-electron chi connectivity index (χ2n) is 4.21. The lowest BCUT2D eigenvalue weighted by atomic mass is 10.1. The summed E-state index contributed by atoms with van der Waals surface area (Å²) in [6.45, 7) is 8.69. The number of thiophene rings is 1. The monoisotopic (exact) mass is 265 g/mol. The molecule has 0 aliphatic carbocycles. The summed E-state index contributed by atoms with van der Waals surface area (Å²) in [4.78, 5) is 1.38. The lowest BCUT2D eigenvalue weighted by Gasteiger charge is -2.12. The highest BCUT2D eigenvalue weighted by Crippen LogP contribution is 2.34. The molecule has 0 spiro atoms. The van der Waals surface area contributed by atoms with Gasteiger partial charge in [0.25, 0.3) is 0 Å². The molecule has 1 aromatic heterocycles. The van der Waals surface area contributed by atoms with Crippen LogP contribution in [-0.2, 0) is 0 Å². The Labute approximate surface area is 111 Å². The third-order valence-electron chi connectivity index (χ3n) is 2.87. The van der Waals surface area contributed by atoms with Crippen LogP contribution in [0.2, 0.25) is 0 Å². The maximum absolute atomic E-state index is 5.77. The second kappa shape index (κ2) is 5.21. The molecule has 17 heavy (non-hydrogen) atoms. The number of benzene rings is 1. The summed E-state index contributed by atoms with van der Waals surface area (Å²) in [5, 5.41) is 5.38. The first-order valence-corrected chi connectivity index (χ1v) is 6.83. The van der Waals surface area contributed by atoms with E-state index in [4.69, 9.17) is 11.6 Å². The minimum atomic E-state index is 0.308. The van der Waals surface area contributed by atoms with Crippen LogP contribution in [0.3, 0.4) is 0 Å². The average Bonchev–Trinajstić information content (AvgIpc) is 2.64. The van der Waals surface area contributed by atoms with Crippen LogP contribution < -0.4 is 5.32 Å². The topological polar surface area (TPSA) is 12.0 Å². The zero-order valence-corrected chi connectivity index (χ0v) is 11.7. The first-order chi connectivity index (χ1) is 8.09. The SMILES string of the molecule is C=C(Cl)CNC(C)c1sc2ccccc2c1C. The van der Waals surface area contributed by atoms with Crippen LogP contribution in [0.1, 0.15) is 23.4 Å². The van der Waals surface area contributed by atoms with Gasteiger partial charge >= 0.3 is 0 Å². The molecule has 0 radical (unpaired) electrons. The molecular weight excluding hydrogens is 250 g/mol. The molecule has 2 rings (SSSR count). The second-order valence-corrected chi connectivity index (χ2v) is 5.83. The summed E-state index contributed by atoms with van der Waals surface area (Å²) in [5.41, 5.74) is 1.37. The molecule has 0 aliphatic rings. The minimum absolute atomic E-state index is 0.308. The fourth-order valence-electron chi connectivity index (χ4n) is 1.96. The van der Waals surface area contributed by atoms with E-state index in [0.29, 0.717) is 17.6 Å². The molecule has 3 heteroatoms. The van der Waals surface area contributed by atoms with E-state index in [0.717, 1.165) is 0 Å². The first kappa shape index (κ1) is 12.6. The molecule has 0 fully saturated rings. The smallest absolute Gasteiger partial charge is 0.0392 e. The van der Waals surface area contributed by atoms with E-state index in [9.17, 15) is 0 Å². The van der Waals surface area contributed by atoms with E-state index < -0.39 is 0 Å². The Bertz CT molecular complexity index is 544. The lowest BCUT2D eigenvalue weighted by molar-refractivity contribution is 0.622. The molecule has 0 bridgehead atoms. The molecule has 1 heterocycles. The number of rotatable bonds is 4. The highest BCUT2D eigenvalue weighted by Gasteiger charge is 2.13. The highest BCUT2D eigenvalue weighted by atomic mass is 35.5. The molecule has 1 nitrogen and oxygen atoms in total. The molecule has 0 saturated carbocycles. The van der Waals surface area contributed by atoms with E-state index >= 15 is 0 Å². The van der Waals surface area contributed by atoms with E-state index in [1.54, 1.807) is 0 Å². The molecule has 0 saturated heterocycles. The van der Waals surface area contributed by atoms with E-state index in [2.05, 4.69) is 50.0 Å². The van der Waals surface area contributed by atoms with Crippen molar-refractivity contribution in [3.8, 4) is 0 Å². The molecule has 1 unspecified atom stereocenters. The van der Waals surface area contributed by atoms with Crippen LogP contribution in [0.15, 0.2) is 35.9 Å². The quantitative estimate of drug-likeness (QED) is 0.851. The normalized spacial score (nSPS) is 12.9. The van der Waals surface area contributed by atoms with Crippen LogP contribution >= 0.6 is 22.9 Å². The van der Waals surface area contributed by atoms with Crippen molar-refractivity contribution in [3.05, 3.63) is 46.3 Å². The largest absolute Gasteiger partial charge is 0.304 e. The fourth-order valence-corrected chi connectivity index (χ4v) is 3.28. The summed E-state index contributed by atoms with van der Waals surface area (Å²) in [5.74, 6) is 0. The number of nitrogens with one attached hydrogen (secondary N) is 1. The molecule has 0 amide bonds. The standard InChI is InChI=1S/C14H16ClNS/c1-9(15)8-16-11(3)14-10(2)12-6-4-5-7-13(12)17-14/h4-7,11,16H,1,8H2,2-3H3. The predicted molar refractivity (Wildman–Crippen MR) is 78.0 cm³/mol. The Morgan fingerprint density at radius 3 is 2.82 bits per heavy atom.